The fourth-order valence-electron chi connectivity index (χ4n) is 2.90. The number of rotatable bonds is 5. The Morgan fingerprint density at radius 2 is 1.69 bits per heavy atom. The van der Waals surface area contributed by atoms with Crippen molar-refractivity contribution >= 4 is 21.6 Å². The van der Waals surface area contributed by atoms with Gasteiger partial charge in [0.15, 0.2) is 11.6 Å². The first-order valence-corrected chi connectivity index (χ1v) is 9.70. The first-order valence-electron chi connectivity index (χ1n) is 8.21. The molecule has 0 aliphatic heterocycles. The lowest BCUT2D eigenvalue weighted by atomic mass is 9.92. The molecule has 0 heterocycles. The summed E-state index contributed by atoms with van der Waals surface area (Å²) in [4.78, 5) is 12.0. The molecule has 1 amide bonds. The van der Waals surface area contributed by atoms with Crippen LogP contribution in [0.2, 0.25) is 0 Å². The molecule has 3 rings (SSSR count). The van der Waals surface area contributed by atoms with Crippen LogP contribution in [-0.4, -0.2) is 20.9 Å². The molecular formula is C18H18F2N2O3S. The number of carbonyl (C=O) groups is 1. The van der Waals surface area contributed by atoms with Gasteiger partial charge in [0.2, 0.25) is 15.9 Å². The number of nitrogens with one attached hydrogen (secondary N) is 2. The Bertz CT molecular complexity index is 945. The second-order valence-corrected chi connectivity index (χ2v) is 7.91. The zero-order chi connectivity index (χ0) is 18.7. The molecule has 2 aromatic rings. The van der Waals surface area contributed by atoms with Crippen molar-refractivity contribution in [1.29, 1.82) is 0 Å². The van der Waals surface area contributed by atoms with Gasteiger partial charge in [-0.3, -0.25) is 4.79 Å². The molecular weight excluding hydrogens is 362 g/mol. The highest BCUT2D eigenvalue weighted by molar-refractivity contribution is 7.89. The van der Waals surface area contributed by atoms with Gasteiger partial charge in [-0.15, -0.1) is 0 Å². The molecule has 1 aliphatic carbocycles. The van der Waals surface area contributed by atoms with Gasteiger partial charge < -0.3 is 5.32 Å². The summed E-state index contributed by atoms with van der Waals surface area (Å²) in [7, 11) is -3.84. The standard InChI is InChI=1S/C18H18F2N2O3S/c19-16-8-6-14(10-17(16)20)22-18(23)11-21-26(24,25)15-7-5-12-3-1-2-4-13(12)9-15/h5-10,21H,1-4,11H2,(H,22,23). The Morgan fingerprint density at radius 1 is 0.962 bits per heavy atom. The maximum atomic E-state index is 13.1. The van der Waals surface area contributed by atoms with Crippen molar-refractivity contribution < 1.29 is 22.0 Å². The number of aryl methyl sites for hydroxylation is 2. The minimum absolute atomic E-state index is 0.0434. The van der Waals surface area contributed by atoms with Crippen molar-refractivity contribution in [3.05, 3.63) is 59.2 Å². The SMILES string of the molecule is O=C(CNS(=O)(=O)c1ccc2c(c1)CCCC2)Nc1ccc(F)c(F)c1. The molecule has 0 spiro atoms. The Labute approximate surface area is 150 Å². The highest BCUT2D eigenvalue weighted by Crippen LogP contribution is 2.24. The van der Waals surface area contributed by atoms with Gasteiger partial charge >= 0.3 is 0 Å². The molecule has 26 heavy (non-hydrogen) atoms. The number of sulfonamides is 1. The third-order valence-corrected chi connectivity index (χ3v) is 5.66. The van der Waals surface area contributed by atoms with Gasteiger partial charge in [0, 0.05) is 11.8 Å². The topological polar surface area (TPSA) is 75.3 Å². The van der Waals surface area contributed by atoms with Crippen LogP contribution in [0.4, 0.5) is 14.5 Å². The largest absolute Gasteiger partial charge is 0.325 e. The summed E-state index contributed by atoms with van der Waals surface area (Å²) in [6, 6.07) is 7.87. The average Bonchev–Trinajstić information content (AvgIpc) is 2.63. The Kier molecular flexibility index (Phi) is 5.33. The van der Waals surface area contributed by atoms with Gasteiger partial charge in [0.05, 0.1) is 11.4 Å². The van der Waals surface area contributed by atoms with Crippen LogP contribution in [0, 0.1) is 11.6 Å². The number of halogens is 2. The maximum absolute atomic E-state index is 13.1. The Hall–Kier alpha value is -2.32. The van der Waals surface area contributed by atoms with Crippen LogP contribution >= 0.6 is 0 Å². The van der Waals surface area contributed by atoms with Gasteiger partial charge in [0.25, 0.3) is 0 Å². The smallest absolute Gasteiger partial charge is 0.241 e. The zero-order valence-electron chi connectivity index (χ0n) is 13.9. The average molecular weight is 380 g/mol. The van der Waals surface area contributed by atoms with Crippen molar-refractivity contribution in [1.82, 2.24) is 4.72 Å². The highest BCUT2D eigenvalue weighted by Gasteiger charge is 2.18. The molecule has 5 nitrogen and oxygen atoms in total. The first-order chi connectivity index (χ1) is 12.3. The summed E-state index contributed by atoms with van der Waals surface area (Å²) in [5.74, 6) is -2.81. The molecule has 0 unspecified atom stereocenters. The van der Waals surface area contributed by atoms with Crippen molar-refractivity contribution in [2.75, 3.05) is 11.9 Å². The van der Waals surface area contributed by atoms with Crippen LogP contribution in [0.25, 0.3) is 0 Å². The summed E-state index contributed by atoms with van der Waals surface area (Å²) in [5.41, 5.74) is 2.22. The van der Waals surface area contributed by atoms with Crippen LogP contribution < -0.4 is 10.0 Å². The van der Waals surface area contributed by atoms with Crippen LogP contribution in [0.1, 0.15) is 24.0 Å². The van der Waals surface area contributed by atoms with E-state index in [1.165, 1.54) is 12.1 Å². The summed E-state index contributed by atoms with van der Waals surface area (Å²) in [5, 5.41) is 2.31. The van der Waals surface area contributed by atoms with Crippen molar-refractivity contribution in [2.24, 2.45) is 0 Å². The third-order valence-electron chi connectivity index (χ3n) is 4.26. The Balaban J connectivity index is 1.64. The fourth-order valence-corrected chi connectivity index (χ4v) is 3.93. The summed E-state index contributed by atoms with van der Waals surface area (Å²) < 4.78 is 53.0. The zero-order valence-corrected chi connectivity index (χ0v) is 14.7. The molecule has 0 aromatic heterocycles. The Morgan fingerprint density at radius 3 is 2.42 bits per heavy atom. The van der Waals surface area contributed by atoms with Gasteiger partial charge in [-0.25, -0.2) is 21.9 Å². The molecule has 8 heteroatoms. The van der Waals surface area contributed by atoms with E-state index in [0.717, 1.165) is 48.9 Å². The van der Waals surface area contributed by atoms with E-state index in [-0.39, 0.29) is 10.6 Å². The number of hydrogen-bond donors (Lipinski definition) is 2. The molecule has 0 radical (unpaired) electrons. The van der Waals surface area contributed by atoms with Crippen molar-refractivity contribution in [2.45, 2.75) is 30.6 Å². The highest BCUT2D eigenvalue weighted by atomic mass is 32.2. The second-order valence-electron chi connectivity index (χ2n) is 6.14. The molecule has 0 saturated heterocycles. The molecule has 1 aliphatic rings. The van der Waals surface area contributed by atoms with E-state index in [1.54, 1.807) is 6.07 Å². The monoisotopic (exact) mass is 380 g/mol. The summed E-state index contributed by atoms with van der Waals surface area (Å²) in [6.45, 7) is -0.515. The predicted molar refractivity (Wildman–Crippen MR) is 93.3 cm³/mol. The summed E-state index contributed by atoms with van der Waals surface area (Å²) >= 11 is 0. The molecule has 0 atom stereocenters. The number of hydrogen-bond acceptors (Lipinski definition) is 3. The number of benzene rings is 2. The van der Waals surface area contributed by atoms with E-state index in [0.29, 0.717) is 0 Å². The van der Waals surface area contributed by atoms with E-state index in [9.17, 15) is 22.0 Å². The van der Waals surface area contributed by atoms with E-state index in [2.05, 4.69) is 10.0 Å². The fraction of sp³-hybridized carbons (Fsp3) is 0.278. The quantitative estimate of drug-likeness (QED) is 0.838. The van der Waals surface area contributed by atoms with E-state index in [4.69, 9.17) is 0 Å². The minimum Gasteiger partial charge on any atom is -0.325 e. The van der Waals surface area contributed by atoms with Gasteiger partial charge in [-0.1, -0.05) is 6.07 Å². The van der Waals surface area contributed by atoms with Gasteiger partial charge in [-0.05, 0) is 61.1 Å². The molecule has 0 bridgehead atoms. The van der Waals surface area contributed by atoms with Crippen LogP contribution in [0.5, 0.6) is 0 Å². The van der Waals surface area contributed by atoms with Crippen LogP contribution in [-0.2, 0) is 27.7 Å². The van der Waals surface area contributed by atoms with Gasteiger partial charge in [0.1, 0.15) is 0 Å². The first kappa shape index (κ1) is 18.5. The van der Waals surface area contributed by atoms with E-state index < -0.39 is 34.1 Å². The van der Waals surface area contributed by atoms with Gasteiger partial charge in [-0.2, -0.15) is 0 Å². The van der Waals surface area contributed by atoms with E-state index in [1.807, 2.05) is 6.07 Å². The van der Waals surface area contributed by atoms with Crippen LogP contribution in [0.3, 0.4) is 0 Å². The normalized spacial score (nSPS) is 13.9. The third kappa shape index (κ3) is 4.25. The summed E-state index contributed by atoms with van der Waals surface area (Å²) in [6.07, 6.45) is 3.91. The molecule has 138 valence electrons. The molecule has 0 fully saturated rings. The number of amides is 1. The maximum Gasteiger partial charge on any atom is 0.241 e. The van der Waals surface area contributed by atoms with Crippen LogP contribution in [0.15, 0.2) is 41.3 Å². The molecule has 0 saturated carbocycles. The molecule has 2 aromatic carbocycles. The lowest BCUT2D eigenvalue weighted by molar-refractivity contribution is -0.115. The second kappa shape index (κ2) is 7.51. The lowest BCUT2D eigenvalue weighted by Crippen LogP contribution is -2.33. The number of fused-ring (bicyclic) bond motifs is 1. The number of carbonyl (C=O) groups excluding carboxylic acids is 1. The lowest BCUT2D eigenvalue weighted by Gasteiger charge is -2.16. The molecule has 2 N–H and O–H groups in total. The van der Waals surface area contributed by atoms with Crippen molar-refractivity contribution in [3.63, 3.8) is 0 Å². The predicted octanol–water partition coefficient (Wildman–Crippen LogP) is 2.76. The number of anilines is 1. The minimum atomic E-state index is -3.84. The van der Waals surface area contributed by atoms with Crippen molar-refractivity contribution in [3.8, 4) is 0 Å². The van der Waals surface area contributed by atoms with E-state index >= 15 is 0 Å².